The van der Waals surface area contributed by atoms with Gasteiger partial charge in [0.1, 0.15) is 23.1 Å². The number of methoxy groups -OCH3 is 3. The number of nitrogens with zero attached hydrogens (tertiary/aromatic N) is 1. The fourth-order valence-electron chi connectivity index (χ4n) is 6.26. The third-order valence-electron chi connectivity index (χ3n) is 8.90. The molecule has 1 fully saturated rings. The molecular weight excluding hydrogens is 691 g/mol. The van der Waals surface area contributed by atoms with Crippen molar-refractivity contribution in [3.8, 4) is 17.2 Å². The van der Waals surface area contributed by atoms with Gasteiger partial charge in [0.2, 0.25) is 6.23 Å². The molecule has 53 heavy (non-hydrogen) atoms. The van der Waals surface area contributed by atoms with Crippen LogP contribution in [0.25, 0.3) is 0 Å². The second kappa shape index (κ2) is 18.5. The Labute approximate surface area is 308 Å². The van der Waals surface area contributed by atoms with Gasteiger partial charge in [0.05, 0.1) is 24.3 Å². The number of nitrogens with one attached hydrogen (secondary N) is 1. The van der Waals surface area contributed by atoms with E-state index in [1.54, 1.807) is 30.3 Å². The molecule has 3 atom stereocenters. The number of halogens is 1. The highest BCUT2D eigenvalue weighted by Gasteiger charge is 2.46. The number of benzene rings is 3. The van der Waals surface area contributed by atoms with Crippen molar-refractivity contribution in [2.45, 2.75) is 64.6 Å². The number of likely N-dealkylation sites (tertiary alicyclic amines) is 1. The molecule has 3 aromatic rings. The van der Waals surface area contributed by atoms with Crippen LogP contribution in [-0.4, -0.2) is 87.5 Å². The van der Waals surface area contributed by atoms with Crippen LogP contribution in [0.3, 0.4) is 0 Å². The van der Waals surface area contributed by atoms with Gasteiger partial charge in [-0.05, 0) is 60.1 Å². The molecule has 1 heterocycles. The fraction of sp³-hybridized carbons (Fsp3) is 0.436. The first-order chi connectivity index (χ1) is 25.3. The van der Waals surface area contributed by atoms with Crippen LogP contribution in [0.15, 0.2) is 54.6 Å². The lowest BCUT2D eigenvalue weighted by molar-refractivity contribution is -0.0416. The standard InChI is InChI=1S/C39H47FN2O11/c1-22(2)28-16-25(17-29(23(3)4)35(28)52-21-49-6)36(44)41-33-27(34(43)32-30(40)18-26(50-7)19-31(32)51-20-48-5)14-11-15-42(39(46)47)37(33)53-38(45)24-12-9-8-10-13-24/h8-10,12-13,16-19,22-23,27,33,37H,11,14-15,20-21H2,1-7H3,(H,41,44)(H,46,47). The summed E-state index contributed by atoms with van der Waals surface area (Å²) in [6.45, 7) is 7.26. The number of carbonyl (C=O) groups is 4. The number of Topliss-reactive ketones (excluding diaryl/α,β-unsaturated/α-hetero) is 1. The molecule has 0 bridgehead atoms. The van der Waals surface area contributed by atoms with E-state index in [1.165, 1.54) is 39.5 Å². The lowest BCUT2D eigenvalue weighted by Gasteiger charge is -2.35. The van der Waals surface area contributed by atoms with Crippen LogP contribution < -0.4 is 19.5 Å². The van der Waals surface area contributed by atoms with Crippen molar-refractivity contribution >= 4 is 23.8 Å². The molecule has 0 radical (unpaired) electrons. The van der Waals surface area contributed by atoms with Crippen LogP contribution >= 0.6 is 0 Å². The first-order valence-corrected chi connectivity index (χ1v) is 17.2. The van der Waals surface area contributed by atoms with E-state index >= 15 is 4.39 Å². The molecule has 0 spiro atoms. The van der Waals surface area contributed by atoms with Crippen molar-refractivity contribution in [3.05, 3.63) is 88.2 Å². The lowest BCUT2D eigenvalue weighted by atomic mass is 9.85. The van der Waals surface area contributed by atoms with E-state index in [0.29, 0.717) is 16.9 Å². The Morgan fingerprint density at radius 3 is 2.08 bits per heavy atom. The minimum atomic E-state index is -1.70. The topological polar surface area (TPSA) is 159 Å². The molecule has 14 heteroatoms. The number of hydrogen-bond acceptors (Lipinski definition) is 10. The van der Waals surface area contributed by atoms with E-state index in [2.05, 4.69) is 5.32 Å². The molecule has 0 aliphatic carbocycles. The van der Waals surface area contributed by atoms with E-state index < -0.39 is 53.3 Å². The van der Waals surface area contributed by atoms with E-state index in [9.17, 15) is 24.3 Å². The van der Waals surface area contributed by atoms with Gasteiger partial charge in [-0.2, -0.15) is 0 Å². The second-order valence-corrected chi connectivity index (χ2v) is 13.1. The molecule has 2 N–H and O–H groups in total. The molecule has 2 amide bonds. The van der Waals surface area contributed by atoms with E-state index in [4.69, 9.17) is 28.4 Å². The molecule has 4 rings (SSSR count). The normalized spacial score (nSPS) is 17.2. The van der Waals surface area contributed by atoms with Crippen molar-refractivity contribution < 1.29 is 57.1 Å². The molecule has 286 valence electrons. The number of carboxylic acid groups (broad SMARTS) is 1. The van der Waals surface area contributed by atoms with E-state index in [0.717, 1.165) is 11.0 Å². The maximum Gasteiger partial charge on any atom is 0.410 e. The average Bonchev–Trinajstić information content (AvgIpc) is 3.31. The van der Waals surface area contributed by atoms with Crippen LogP contribution in [0.1, 0.15) is 94.6 Å². The summed E-state index contributed by atoms with van der Waals surface area (Å²) in [5, 5.41) is 13.2. The second-order valence-electron chi connectivity index (χ2n) is 13.1. The smallest absolute Gasteiger partial charge is 0.410 e. The van der Waals surface area contributed by atoms with E-state index in [-0.39, 0.29) is 67.4 Å². The van der Waals surface area contributed by atoms with Gasteiger partial charge in [0.15, 0.2) is 19.4 Å². The van der Waals surface area contributed by atoms with Gasteiger partial charge in [-0.1, -0.05) is 45.9 Å². The molecule has 1 aliphatic rings. The maximum absolute atomic E-state index is 15.9. The first kappa shape index (κ1) is 40.6. The third-order valence-corrected chi connectivity index (χ3v) is 8.90. The SMILES string of the molecule is COCOc1cc(OC)cc(F)c1C(=O)C1CCCN(C(=O)O)C(OC(=O)c2ccccc2)C1NC(=O)c1cc(C(C)C)c(OCOC)c(C(C)C)c1. The number of ether oxygens (including phenoxy) is 6. The molecule has 1 aliphatic heterocycles. The number of hydrogen-bond donors (Lipinski definition) is 2. The predicted octanol–water partition coefficient (Wildman–Crippen LogP) is 6.60. The van der Waals surface area contributed by atoms with E-state index in [1.807, 2.05) is 27.7 Å². The highest BCUT2D eigenvalue weighted by molar-refractivity contribution is 6.02. The van der Waals surface area contributed by atoms with Gasteiger partial charge in [0, 0.05) is 44.4 Å². The Morgan fingerprint density at radius 2 is 1.51 bits per heavy atom. The van der Waals surface area contributed by atoms with Gasteiger partial charge in [-0.3, -0.25) is 14.5 Å². The minimum Gasteiger partial charge on any atom is -0.497 e. The summed E-state index contributed by atoms with van der Waals surface area (Å²) in [5.41, 5.74) is 1.26. The largest absolute Gasteiger partial charge is 0.497 e. The van der Waals surface area contributed by atoms with Gasteiger partial charge in [0.25, 0.3) is 5.91 Å². The Kier molecular flexibility index (Phi) is 14.2. The summed E-state index contributed by atoms with van der Waals surface area (Å²) in [4.78, 5) is 56.2. The third kappa shape index (κ3) is 9.62. The van der Waals surface area contributed by atoms with Gasteiger partial charge < -0.3 is 38.8 Å². The highest BCUT2D eigenvalue weighted by Crippen LogP contribution is 2.38. The zero-order valence-corrected chi connectivity index (χ0v) is 31.0. The van der Waals surface area contributed by atoms with Gasteiger partial charge >= 0.3 is 12.1 Å². The molecule has 1 saturated heterocycles. The molecule has 3 aromatic carbocycles. The van der Waals surface area contributed by atoms with Crippen molar-refractivity contribution in [2.75, 3.05) is 41.5 Å². The van der Waals surface area contributed by atoms with Gasteiger partial charge in [-0.15, -0.1) is 0 Å². The first-order valence-electron chi connectivity index (χ1n) is 17.2. The minimum absolute atomic E-state index is 0.0135. The number of amides is 2. The van der Waals surface area contributed by atoms with Crippen LogP contribution in [0.5, 0.6) is 17.2 Å². The van der Waals surface area contributed by atoms with Crippen LogP contribution in [0, 0.1) is 11.7 Å². The summed E-state index contributed by atoms with van der Waals surface area (Å²) in [6.07, 6.45) is -3.06. The van der Waals surface area contributed by atoms with Crippen LogP contribution in [0.4, 0.5) is 9.18 Å². The number of ketones is 1. The summed E-state index contributed by atoms with van der Waals surface area (Å²) in [6, 6.07) is 12.0. The number of esters is 1. The summed E-state index contributed by atoms with van der Waals surface area (Å²) < 4.78 is 48.7. The van der Waals surface area contributed by atoms with Crippen molar-refractivity contribution in [1.82, 2.24) is 10.2 Å². The van der Waals surface area contributed by atoms with Crippen molar-refractivity contribution in [1.29, 1.82) is 0 Å². The Bertz CT molecular complexity index is 1740. The number of carbonyl (C=O) groups excluding carboxylic acids is 3. The Balaban J connectivity index is 1.90. The van der Waals surface area contributed by atoms with Gasteiger partial charge in [-0.25, -0.2) is 14.0 Å². The zero-order valence-electron chi connectivity index (χ0n) is 31.0. The van der Waals surface area contributed by atoms with Crippen LogP contribution in [0.2, 0.25) is 0 Å². The quantitative estimate of drug-likeness (QED) is 0.0983. The lowest BCUT2D eigenvalue weighted by Crippen LogP contribution is -2.58. The van der Waals surface area contributed by atoms with Crippen LogP contribution in [-0.2, 0) is 14.2 Å². The molecule has 13 nitrogen and oxygen atoms in total. The summed E-state index contributed by atoms with van der Waals surface area (Å²) in [5.74, 6) is -4.40. The Hall–Kier alpha value is -5.21. The molecule has 0 aromatic heterocycles. The average molecular weight is 739 g/mol. The predicted molar refractivity (Wildman–Crippen MR) is 191 cm³/mol. The fourth-order valence-corrected chi connectivity index (χ4v) is 6.26. The summed E-state index contributed by atoms with van der Waals surface area (Å²) >= 11 is 0. The summed E-state index contributed by atoms with van der Waals surface area (Å²) in [7, 11) is 4.18. The molecular formula is C39H47FN2O11. The molecule has 3 unspecified atom stereocenters. The molecule has 0 saturated carbocycles. The highest BCUT2D eigenvalue weighted by atomic mass is 19.1. The Morgan fingerprint density at radius 1 is 0.887 bits per heavy atom. The van der Waals surface area contributed by atoms with Crippen molar-refractivity contribution in [3.63, 3.8) is 0 Å². The zero-order chi connectivity index (χ0) is 38.8. The number of rotatable bonds is 15. The van der Waals surface area contributed by atoms with Crippen molar-refractivity contribution in [2.24, 2.45) is 5.92 Å². The monoisotopic (exact) mass is 738 g/mol. The maximum atomic E-state index is 15.9.